The molecular formula is C11H11NO4. The fourth-order valence-corrected chi connectivity index (χ4v) is 1.24. The molecule has 16 heavy (non-hydrogen) atoms. The highest BCUT2D eigenvalue weighted by atomic mass is 16.5. The largest absolute Gasteiger partial charge is 0.504 e. The van der Waals surface area contributed by atoms with Crippen LogP contribution in [0.2, 0.25) is 0 Å². The van der Waals surface area contributed by atoms with Gasteiger partial charge in [0.1, 0.15) is 0 Å². The number of hydrogen-bond donors (Lipinski definition) is 2. The number of nitriles is 1. The third kappa shape index (κ3) is 2.64. The SMILES string of the molecule is CCOC(=O)Cc1cc(O)c(O)cc1C#N. The lowest BCUT2D eigenvalue weighted by molar-refractivity contribution is -0.142. The molecule has 0 heterocycles. The van der Waals surface area contributed by atoms with E-state index in [2.05, 4.69) is 0 Å². The molecule has 0 amide bonds. The molecule has 0 aliphatic heterocycles. The molecule has 0 aromatic heterocycles. The van der Waals surface area contributed by atoms with E-state index < -0.39 is 5.97 Å². The fraction of sp³-hybridized carbons (Fsp3) is 0.273. The van der Waals surface area contributed by atoms with Gasteiger partial charge in [0.25, 0.3) is 0 Å². The van der Waals surface area contributed by atoms with Gasteiger partial charge in [0.2, 0.25) is 0 Å². The second-order valence-electron chi connectivity index (χ2n) is 3.09. The number of carbonyl (C=O) groups is 1. The van der Waals surface area contributed by atoms with Crippen LogP contribution < -0.4 is 0 Å². The molecule has 1 aromatic rings. The molecule has 0 saturated heterocycles. The minimum Gasteiger partial charge on any atom is -0.504 e. The van der Waals surface area contributed by atoms with Gasteiger partial charge in [0.05, 0.1) is 24.7 Å². The summed E-state index contributed by atoms with van der Waals surface area (Å²) in [5.41, 5.74) is 0.472. The first-order valence-corrected chi connectivity index (χ1v) is 4.69. The molecule has 84 valence electrons. The minimum atomic E-state index is -0.482. The summed E-state index contributed by atoms with van der Waals surface area (Å²) in [6.07, 6.45) is -0.107. The molecule has 0 radical (unpaired) electrons. The third-order valence-electron chi connectivity index (χ3n) is 1.96. The van der Waals surface area contributed by atoms with Gasteiger partial charge in [-0.05, 0) is 18.6 Å². The molecule has 0 unspecified atom stereocenters. The summed E-state index contributed by atoms with van der Waals surface area (Å²) in [6, 6.07) is 4.13. The van der Waals surface area contributed by atoms with E-state index in [-0.39, 0.29) is 30.1 Å². The fourth-order valence-electron chi connectivity index (χ4n) is 1.24. The molecule has 2 N–H and O–H groups in total. The first-order valence-electron chi connectivity index (χ1n) is 4.69. The van der Waals surface area contributed by atoms with E-state index >= 15 is 0 Å². The molecule has 0 atom stereocenters. The highest BCUT2D eigenvalue weighted by Gasteiger charge is 2.12. The van der Waals surface area contributed by atoms with Gasteiger partial charge in [0, 0.05) is 6.07 Å². The maximum Gasteiger partial charge on any atom is 0.310 e. The second-order valence-corrected chi connectivity index (χ2v) is 3.09. The Hall–Kier alpha value is -2.22. The Bertz CT molecular complexity index is 448. The van der Waals surface area contributed by atoms with Crippen LogP contribution in [0.3, 0.4) is 0 Å². The Balaban J connectivity index is 3.00. The summed E-state index contributed by atoms with van der Waals surface area (Å²) in [6.45, 7) is 1.93. The van der Waals surface area contributed by atoms with Crippen molar-refractivity contribution in [2.24, 2.45) is 0 Å². The van der Waals surface area contributed by atoms with Crippen molar-refractivity contribution in [3.8, 4) is 17.6 Å². The molecule has 0 saturated carbocycles. The average molecular weight is 221 g/mol. The predicted molar refractivity (Wildman–Crippen MR) is 54.8 cm³/mol. The van der Waals surface area contributed by atoms with Crippen molar-refractivity contribution in [1.29, 1.82) is 5.26 Å². The lowest BCUT2D eigenvalue weighted by atomic mass is 10.0. The number of ether oxygens (including phenoxy) is 1. The quantitative estimate of drug-likeness (QED) is 0.588. The monoisotopic (exact) mass is 221 g/mol. The van der Waals surface area contributed by atoms with Gasteiger partial charge in [-0.3, -0.25) is 4.79 Å². The van der Waals surface area contributed by atoms with Crippen LogP contribution >= 0.6 is 0 Å². The number of carbonyl (C=O) groups excluding carboxylic acids is 1. The van der Waals surface area contributed by atoms with Crippen molar-refractivity contribution < 1.29 is 19.7 Å². The maximum absolute atomic E-state index is 11.2. The first-order chi connectivity index (χ1) is 7.58. The minimum absolute atomic E-state index is 0.107. The molecule has 5 heteroatoms. The van der Waals surface area contributed by atoms with Crippen LogP contribution in [0.4, 0.5) is 0 Å². The molecule has 0 fully saturated rings. The summed E-state index contributed by atoms with van der Waals surface area (Å²) in [4.78, 5) is 11.2. The van der Waals surface area contributed by atoms with E-state index in [0.717, 1.165) is 6.07 Å². The normalized spacial score (nSPS) is 9.50. The number of nitrogens with zero attached hydrogens (tertiary/aromatic N) is 1. The molecule has 5 nitrogen and oxygen atoms in total. The highest BCUT2D eigenvalue weighted by Crippen LogP contribution is 2.28. The Kier molecular flexibility index (Phi) is 3.72. The topological polar surface area (TPSA) is 90.6 Å². The van der Waals surface area contributed by atoms with Crippen LogP contribution in [0.15, 0.2) is 12.1 Å². The average Bonchev–Trinajstić information content (AvgIpc) is 2.23. The van der Waals surface area contributed by atoms with E-state index in [1.165, 1.54) is 6.07 Å². The Morgan fingerprint density at radius 2 is 2.06 bits per heavy atom. The van der Waals surface area contributed by atoms with Gasteiger partial charge >= 0.3 is 5.97 Å². The zero-order valence-electron chi connectivity index (χ0n) is 8.73. The van der Waals surface area contributed by atoms with Gasteiger partial charge in [-0.25, -0.2) is 0 Å². The number of phenolic OH excluding ortho intramolecular Hbond substituents is 2. The van der Waals surface area contributed by atoms with Crippen molar-refractivity contribution in [1.82, 2.24) is 0 Å². The van der Waals surface area contributed by atoms with Crippen LogP contribution in [0, 0.1) is 11.3 Å². The number of aromatic hydroxyl groups is 2. The van der Waals surface area contributed by atoms with Crippen molar-refractivity contribution in [2.75, 3.05) is 6.61 Å². The van der Waals surface area contributed by atoms with Gasteiger partial charge in [-0.2, -0.15) is 5.26 Å². The number of phenols is 2. The zero-order valence-corrected chi connectivity index (χ0v) is 8.73. The summed E-state index contributed by atoms with van der Waals surface area (Å²) in [7, 11) is 0. The number of esters is 1. The molecule has 1 rings (SSSR count). The molecule has 0 aliphatic carbocycles. The lowest BCUT2D eigenvalue weighted by Crippen LogP contribution is -2.08. The standard InChI is InChI=1S/C11H11NO4/c1-2-16-11(15)5-7-3-9(13)10(14)4-8(7)6-12/h3-4,13-14H,2,5H2,1H3. The molecule has 1 aromatic carbocycles. The first kappa shape index (κ1) is 11.9. The second kappa shape index (κ2) is 5.03. The van der Waals surface area contributed by atoms with Gasteiger partial charge in [0.15, 0.2) is 11.5 Å². The van der Waals surface area contributed by atoms with E-state index in [1.54, 1.807) is 6.92 Å². The van der Waals surface area contributed by atoms with Crippen LogP contribution in [0.5, 0.6) is 11.5 Å². The smallest absolute Gasteiger partial charge is 0.310 e. The highest BCUT2D eigenvalue weighted by molar-refractivity contribution is 5.74. The number of rotatable bonds is 3. The van der Waals surface area contributed by atoms with Crippen molar-refractivity contribution in [2.45, 2.75) is 13.3 Å². The van der Waals surface area contributed by atoms with Gasteiger partial charge in [-0.15, -0.1) is 0 Å². The maximum atomic E-state index is 11.2. The van der Waals surface area contributed by atoms with Crippen LogP contribution in [0.1, 0.15) is 18.1 Å². The number of benzene rings is 1. The van der Waals surface area contributed by atoms with E-state index in [4.69, 9.17) is 10.00 Å². The van der Waals surface area contributed by atoms with Crippen molar-refractivity contribution in [3.63, 3.8) is 0 Å². The Labute approximate surface area is 92.5 Å². The molecule has 0 spiro atoms. The predicted octanol–water partition coefficient (Wildman–Crippen LogP) is 1.08. The Morgan fingerprint density at radius 1 is 1.44 bits per heavy atom. The third-order valence-corrected chi connectivity index (χ3v) is 1.96. The summed E-state index contributed by atoms with van der Waals surface area (Å²) < 4.78 is 4.72. The zero-order chi connectivity index (χ0) is 12.1. The molecular weight excluding hydrogens is 210 g/mol. The van der Waals surface area contributed by atoms with Gasteiger partial charge in [-0.1, -0.05) is 0 Å². The summed E-state index contributed by atoms with van der Waals surface area (Å²) >= 11 is 0. The van der Waals surface area contributed by atoms with Crippen LogP contribution in [-0.4, -0.2) is 22.8 Å². The summed E-state index contributed by atoms with van der Waals surface area (Å²) in [5, 5.41) is 27.2. The number of hydrogen-bond acceptors (Lipinski definition) is 5. The van der Waals surface area contributed by atoms with Crippen molar-refractivity contribution >= 4 is 5.97 Å². The van der Waals surface area contributed by atoms with Crippen LogP contribution in [-0.2, 0) is 16.0 Å². The van der Waals surface area contributed by atoms with E-state index in [1.807, 2.05) is 6.07 Å². The van der Waals surface area contributed by atoms with Crippen LogP contribution in [0.25, 0.3) is 0 Å². The van der Waals surface area contributed by atoms with E-state index in [0.29, 0.717) is 5.56 Å². The lowest BCUT2D eigenvalue weighted by Gasteiger charge is -2.06. The van der Waals surface area contributed by atoms with E-state index in [9.17, 15) is 15.0 Å². The molecule has 0 aliphatic rings. The van der Waals surface area contributed by atoms with Gasteiger partial charge < -0.3 is 14.9 Å². The Morgan fingerprint density at radius 3 is 2.62 bits per heavy atom. The summed E-state index contributed by atoms with van der Waals surface area (Å²) in [5.74, 6) is -1.23. The molecule has 0 bridgehead atoms. The van der Waals surface area contributed by atoms with Crippen molar-refractivity contribution in [3.05, 3.63) is 23.3 Å².